The van der Waals surface area contributed by atoms with Crippen LogP contribution in [0.1, 0.15) is 43.0 Å². The molecule has 1 aliphatic carbocycles. The smallest absolute Gasteiger partial charge is 0.186 e. The number of halogens is 1. The molecule has 2 atom stereocenters. The molecule has 0 aliphatic heterocycles. The SMILES string of the molecule is COc1cccc(C(=O)C2(N(C)C)CCCC(C)C2)c1F. The molecule has 1 saturated carbocycles. The lowest BCUT2D eigenvalue weighted by molar-refractivity contribution is 0.0481. The van der Waals surface area contributed by atoms with E-state index in [0.29, 0.717) is 5.92 Å². The minimum absolute atomic E-state index is 0.124. The number of hydrogen-bond acceptors (Lipinski definition) is 3. The van der Waals surface area contributed by atoms with Crippen LogP contribution >= 0.6 is 0 Å². The van der Waals surface area contributed by atoms with E-state index < -0.39 is 11.4 Å². The minimum atomic E-state index is -0.606. The lowest BCUT2D eigenvalue weighted by Crippen LogP contribution is -2.54. The second-order valence-electron chi connectivity index (χ2n) is 6.28. The van der Waals surface area contributed by atoms with Crippen molar-refractivity contribution in [3.05, 3.63) is 29.6 Å². The zero-order valence-corrected chi connectivity index (χ0v) is 13.3. The minimum Gasteiger partial charge on any atom is -0.494 e. The summed E-state index contributed by atoms with van der Waals surface area (Å²) < 4.78 is 19.4. The van der Waals surface area contributed by atoms with Gasteiger partial charge in [-0.25, -0.2) is 4.39 Å². The normalized spacial score (nSPS) is 25.9. The summed E-state index contributed by atoms with van der Waals surface area (Å²) in [6.07, 6.45) is 3.68. The summed E-state index contributed by atoms with van der Waals surface area (Å²) in [6, 6.07) is 4.77. The molecule has 0 bridgehead atoms. The molecule has 1 aliphatic rings. The van der Waals surface area contributed by atoms with E-state index in [-0.39, 0.29) is 17.1 Å². The Balaban J connectivity index is 2.44. The largest absolute Gasteiger partial charge is 0.494 e. The Morgan fingerprint density at radius 2 is 2.14 bits per heavy atom. The van der Waals surface area contributed by atoms with Gasteiger partial charge in [-0.3, -0.25) is 9.69 Å². The number of likely N-dealkylation sites (N-methyl/N-ethyl adjacent to an activating group) is 1. The van der Waals surface area contributed by atoms with E-state index in [1.807, 2.05) is 19.0 Å². The van der Waals surface area contributed by atoms with Crippen molar-refractivity contribution >= 4 is 5.78 Å². The van der Waals surface area contributed by atoms with Crippen molar-refractivity contribution in [2.24, 2.45) is 5.92 Å². The van der Waals surface area contributed by atoms with Gasteiger partial charge >= 0.3 is 0 Å². The van der Waals surface area contributed by atoms with Crippen molar-refractivity contribution in [2.75, 3.05) is 21.2 Å². The van der Waals surface area contributed by atoms with Gasteiger partial charge < -0.3 is 4.74 Å². The summed E-state index contributed by atoms with van der Waals surface area (Å²) in [7, 11) is 5.24. The fourth-order valence-electron chi connectivity index (χ4n) is 3.43. The summed E-state index contributed by atoms with van der Waals surface area (Å²) in [5, 5.41) is 0. The highest BCUT2D eigenvalue weighted by molar-refractivity contribution is 6.03. The third kappa shape index (κ3) is 2.82. The number of benzene rings is 1. The molecule has 2 rings (SSSR count). The lowest BCUT2D eigenvalue weighted by Gasteiger charge is -2.43. The molecule has 1 aromatic carbocycles. The lowest BCUT2D eigenvalue weighted by atomic mass is 9.71. The molecule has 116 valence electrons. The Hall–Kier alpha value is -1.42. The molecule has 1 aromatic rings. The first-order valence-electron chi connectivity index (χ1n) is 7.47. The third-order valence-corrected chi connectivity index (χ3v) is 4.68. The Kier molecular flexibility index (Phi) is 4.67. The first-order chi connectivity index (χ1) is 9.92. The summed E-state index contributed by atoms with van der Waals surface area (Å²) in [5.74, 6) is -0.0858. The summed E-state index contributed by atoms with van der Waals surface area (Å²) in [5.41, 5.74) is -0.470. The predicted octanol–water partition coefficient (Wildman–Crippen LogP) is 3.53. The van der Waals surface area contributed by atoms with Crippen molar-refractivity contribution in [1.29, 1.82) is 0 Å². The topological polar surface area (TPSA) is 29.5 Å². The Bertz CT molecular complexity index is 530. The molecular formula is C17H24FNO2. The standard InChI is InChI=1S/C17H24FNO2/c1-12-7-6-10-17(11-12,19(2)3)16(20)13-8-5-9-14(21-4)15(13)18/h5,8-9,12H,6-7,10-11H2,1-4H3. The van der Waals surface area contributed by atoms with Gasteiger partial charge in [0.15, 0.2) is 17.3 Å². The van der Waals surface area contributed by atoms with Crippen LogP contribution in [0.25, 0.3) is 0 Å². The van der Waals surface area contributed by atoms with E-state index in [4.69, 9.17) is 4.74 Å². The summed E-state index contributed by atoms with van der Waals surface area (Å²) in [4.78, 5) is 15.0. The number of methoxy groups -OCH3 is 1. The molecule has 3 nitrogen and oxygen atoms in total. The van der Waals surface area contributed by atoms with Crippen molar-refractivity contribution in [2.45, 2.75) is 38.1 Å². The number of ketones is 1. The quantitative estimate of drug-likeness (QED) is 0.795. The van der Waals surface area contributed by atoms with Gasteiger partial charge in [-0.1, -0.05) is 25.8 Å². The number of carbonyl (C=O) groups excluding carboxylic acids is 1. The number of hydrogen-bond donors (Lipinski definition) is 0. The maximum atomic E-state index is 14.4. The van der Waals surface area contributed by atoms with Crippen LogP contribution in [0.2, 0.25) is 0 Å². The zero-order valence-electron chi connectivity index (χ0n) is 13.3. The number of nitrogens with zero attached hydrogens (tertiary/aromatic N) is 1. The molecule has 1 fully saturated rings. The van der Waals surface area contributed by atoms with E-state index >= 15 is 0 Å². The van der Waals surface area contributed by atoms with Gasteiger partial charge in [-0.2, -0.15) is 0 Å². The monoisotopic (exact) mass is 293 g/mol. The van der Waals surface area contributed by atoms with Gasteiger partial charge in [0.25, 0.3) is 0 Å². The number of Topliss-reactive ketones (excluding diaryl/α,β-unsaturated/α-hetero) is 1. The first-order valence-corrected chi connectivity index (χ1v) is 7.47. The Morgan fingerprint density at radius 3 is 2.71 bits per heavy atom. The first kappa shape index (κ1) is 16.0. The van der Waals surface area contributed by atoms with E-state index in [0.717, 1.165) is 25.7 Å². The molecule has 0 amide bonds. The molecular weight excluding hydrogens is 269 g/mol. The van der Waals surface area contributed by atoms with Crippen molar-refractivity contribution in [3.63, 3.8) is 0 Å². The number of rotatable bonds is 4. The summed E-state index contributed by atoms with van der Waals surface area (Å²) >= 11 is 0. The van der Waals surface area contributed by atoms with Crippen molar-refractivity contribution in [3.8, 4) is 5.75 Å². The van der Waals surface area contributed by atoms with Crippen LogP contribution in [0.15, 0.2) is 18.2 Å². The zero-order chi connectivity index (χ0) is 15.6. The molecule has 0 N–H and O–H groups in total. The molecule has 0 heterocycles. The Labute approximate surface area is 126 Å². The highest BCUT2D eigenvalue weighted by Gasteiger charge is 2.44. The maximum Gasteiger partial charge on any atom is 0.186 e. The fraction of sp³-hybridized carbons (Fsp3) is 0.588. The average Bonchev–Trinajstić information content (AvgIpc) is 2.46. The number of carbonyl (C=O) groups is 1. The second kappa shape index (κ2) is 6.14. The van der Waals surface area contributed by atoms with E-state index in [1.54, 1.807) is 12.1 Å². The molecule has 0 radical (unpaired) electrons. The van der Waals surface area contributed by atoms with Gasteiger partial charge in [0, 0.05) is 0 Å². The van der Waals surface area contributed by atoms with Crippen LogP contribution in [-0.2, 0) is 0 Å². The summed E-state index contributed by atoms with van der Waals surface area (Å²) in [6.45, 7) is 2.16. The molecule has 2 unspecified atom stereocenters. The highest BCUT2D eigenvalue weighted by Crippen LogP contribution is 2.39. The van der Waals surface area contributed by atoms with Gasteiger partial charge in [0.2, 0.25) is 0 Å². The molecule has 21 heavy (non-hydrogen) atoms. The Morgan fingerprint density at radius 1 is 1.43 bits per heavy atom. The van der Waals surface area contributed by atoms with Crippen LogP contribution < -0.4 is 4.74 Å². The van der Waals surface area contributed by atoms with E-state index in [9.17, 15) is 9.18 Å². The van der Waals surface area contributed by atoms with Gasteiger partial charge in [0.1, 0.15) is 0 Å². The molecule has 0 spiro atoms. The van der Waals surface area contributed by atoms with Gasteiger partial charge in [-0.05, 0) is 45.0 Å². The second-order valence-corrected chi connectivity index (χ2v) is 6.28. The molecule has 0 saturated heterocycles. The maximum absolute atomic E-state index is 14.4. The predicted molar refractivity (Wildman–Crippen MR) is 81.3 cm³/mol. The van der Waals surface area contributed by atoms with E-state index in [1.165, 1.54) is 13.2 Å². The fourth-order valence-corrected chi connectivity index (χ4v) is 3.43. The van der Waals surface area contributed by atoms with Crippen LogP contribution in [0.4, 0.5) is 4.39 Å². The highest BCUT2D eigenvalue weighted by atomic mass is 19.1. The average molecular weight is 293 g/mol. The van der Waals surface area contributed by atoms with Crippen molar-refractivity contribution < 1.29 is 13.9 Å². The van der Waals surface area contributed by atoms with Crippen LogP contribution in [-0.4, -0.2) is 37.4 Å². The van der Waals surface area contributed by atoms with E-state index in [2.05, 4.69) is 6.92 Å². The van der Waals surface area contributed by atoms with Crippen molar-refractivity contribution in [1.82, 2.24) is 4.90 Å². The van der Waals surface area contributed by atoms with Crippen LogP contribution in [0.3, 0.4) is 0 Å². The molecule has 0 aromatic heterocycles. The van der Waals surface area contributed by atoms with Gasteiger partial charge in [0.05, 0.1) is 18.2 Å². The number of ether oxygens (including phenoxy) is 1. The van der Waals surface area contributed by atoms with Gasteiger partial charge in [-0.15, -0.1) is 0 Å². The molecule has 4 heteroatoms. The third-order valence-electron chi connectivity index (χ3n) is 4.68. The van der Waals surface area contributed by atoms with Crippen LogP contribution in [0, 0.1) is 11.7 Å². The van der Waals surface area contributed by atoms with Crippen LogP contribution in [0.5, 0.6) is 5.75 Å².